The quantitative estimate of drug-likeness (QED) is 0.789. The van der Waals surface area contributed by atoms with E-state index in [-0.39, 0.29) is 5.56 Å². The summed E-state index contributed by atoms with van der Waals surface area (Å²) in [6, 6.07) is 6.90. The topological polar surface area (TPSA) is 92.3 Å². The Morgan fingerprint density at radius 3 is 2.57 bits per heavy atom. The molecule has 23 heavy (non-hydrogen) atoms. The number of nitrogens with two attached hydrogens (primary N) is 1. The zero-order chi connectivity index (χ0) is 16.6. The SMILES string of the molecule is COc1ccc(-c2nc(N)cc3ncn(C)c(=O)c23)cc1OC. The predicted molar refractivity (Wildman–Crippen MR) is 87.7 cm³/mol. The number of benzene rings is 1. The minimum absolute atomic E-state index is 0.188. The number of methoxy groups -OCH3 is 2. The molecule has 7 heteroatoms. The van der Waals surface area contributed by atoms with E-state index < -0.39 is 0 Å². The van der Waals surface area contributed by atoms with Gasteiger partial charge in [-0.05, 0) is 18.2 Å². The van der Waals surface area contributed by atoms with E-state index in [1.165, 1.54) is 10.9 Å². The number of aromatic nitrogens is 3. The van der Waals surface area contributed by atoms with Crippen LogP contribution in [-0.2, 0) is 7.05 Å². The van der Waals surface area contributed by atoms with Crippen LogP contribution in [0.2, 0.25) is 0 Å². The lowest BCUT2D eigenvalue weighted by molar-refractivity contribution is 0.355. The van der Waals surface area contributed by atoms with Gasteiger partial charge in [-0.3, -0.25) is 4.79 Å². The average Bonchev–Trinajstić information content (AvgIpc) is 2.56. The normalized spacial score (nSPS) is 10.7. The van der Waals surface area contributed by atoms with Gasteiger partial charge in [-0.25, -0.2) is 9.97 Å². The molecule has 0 aliphatic carbocycles. The summed E-state index contributed by atoms with van der Waals surface area (Å²) in [6.45, 7) is 0. The Hall–Kier alpha value is -3.09. The first kappa shape index (κ1) is 14.8. The third-order valence-electron chi connectivity index (χ3n) is 3.58. The zero-order valence-electron chi connectivity index (χ0n) is 13.0. The molecule has 0 fully saturated rings. The number of aryl methyl sites for hydroxylation is 1. The summed E-state index contributed by atoms with van der Waals surface area (Å²) in [4.78, 5) is 21.1. The summed E-state index contributed by atoms with van der Waals surface area (Å²) in [6.07, 6.45) is 1.46. The van der Waals surface area contributed by atoms with E-state index in [2.05, 4.69) is 9.97 Å². The number of ether oxygens (including phenoxy) is 2. The van der Waals surface area contributed by atoms with Crippen LogP contribution in [0.15, 0.2) is 35.4 Å². The van der Waals surface area contributed by atoms with Crippen LogP contribution in [-0.4, -0.2) is 28.8 Å². The van der Waals surface area contributed by atoms with Gasteiger partial charge in [0, 0.05) is 18.7 Å². The number of pyridine rings is 1. The highest BCUT2D eigenvalue weighted by atomic mass is 16.5. The third-order valence-corrected chi connectivity index (χ3v) is 3.58. The molecule has 0 bridgehead atoms. The highest BCUT2D eigenvalue weighted by Crippen LogP contribution is 2.33. The number of nitrogen functional groups attached to an aromatic ring is 1. The molecule has 7 nitrogen and oxygen atoms in total. The molecule has 2 heterocycles. The summed E-state index contributed by atoms with van der Waals surface area (Å²) in [7, 11) is 4.75. The van der Waals surface area contributed by atoms with Gasteiger partial charge in [0.2, 0.25) is 0 Å². The van der Waals surface area contributed by atoms with Crippen molar-refractivity contribution in [2.75, 3.05) is 20.0 Å². The summed E-state index contributed by atoms with van der Waals surface area (Å²) >= 11 is 0. The van der Waals surface area contributed by atoms with E-state index >= 15 is 0 Å². The first-order chi connectivity index (χ1) is 11.0. The van der Waals surface area contributed by atoms with Crippen molar-refractivity contribution >= 4 is 16.7 Å². The first-order valence-corrected chi connectivity index (χ1v) is 6.89. The van der Waals surface area contributed by atoms with Crippen LogP contribution >= 0.6 is 0 Å². The molecule has 0 spiro atoms. The third kappa shape index (κ3) is 2.46. The minimum atomic E-state index is -0.188. The molecule has 3 aromatic rings. The number of hydrogen-bond acceptors (Lipinski definition) is 6. The van der Waals surface area contributed by atoms with E-state index in [9.17, 15) is 4.79 Å². The van der Waals surface area contributed by atoms with Crippen molar-refractivity contribution in [2.45, 2.75) is 0 Å². The van der Waals surface area contributed by atoms with Gasteiger partial charge in [0.25, 0.3) is 5.56 Å². The second kappa shape index (κ2) is 5.60. The number of anilines is 1. The second-order valence-electron chi connectivity index (χ2n) is 5.02. The van der Waals surface area contributed by atoms with E-state index in [1.807, 2.05) is 0 Å². The number of hydrogen-bond donors (Lipinski definition) is 1. The van der Waals surface area contributed by atoms with Crippen molar-refractivity contribution in [3.63, 3.8) is 0 Å². The molecule has 2 N–H and O–H groups in total. The fourth-order valence-corrected chi connectivity index (χ4v) is 2.43. The molecule has 0 saturated carbocycles. The molecule has 0 aliphatic rings. The first-order valence-electron chi connectivity index (χ1n) is 6.89. The highest BCUT2D eigenvalue weighted by molar-refractivity contribution is 5.93. The maximum Gasteiger partial charge on any atom is 0.263 e. The van der Waals surface area contributed by atoms with Gasteiger partial charge in [0.15, 0.2) is 11.5 Å². The fraction of sp³-hybridized carbons (Fsp3) is 0.188. The molecule has 0 saturated heterocycles. The van der Waals surface area contributed by atoms with Gasteiger partial charge < -0.3 is 19.8 Å². The van der Waals surface area contributed by atoms with Gasteiger partial charge in [-0.2, -0.15) is 0 Å². The van der Waals surface area contributed by atoms with E-state index in [1.54, 1.807) is 45.5 Å². The van der Waals surface area contributed by atoms with E-state index in [0.29, 0.717) is 39.5 Å². The van der Waals surface area contributed by atoms with Crippen LogP contribution in [0.4, 0.5) is 5.82 Å². The lowest BCUT2D eigenvalue weighted by Gasteiger charge is -2.11. The average molecular weight is 312 g/mol. The molecule has 0 atom stereocenters. The van der Waals surface area contributed by atoms with Crippen molar-refractivity contribution in [1.82, 2.24) is 14.5 Å². The molecule has 0 amide bonds. The van der Waals surface area contributed by atoms with Crippen molar-refractivity contribution in [2.24, 2.45) is 7.05 Å². The highest BCUT2D eigenvalue weighted by Gasteiger charge is 2.15. The van der Waals surface area contributed by atoms with Crippen molar-refractivity contribution in [3.05, 3.63) is 40.9 Å². The summed E-state index contributed by atoms with van der Waals surface area (Å²) in [5.74, 6) is 1.43. The van der Waals surface area contributed by atoms with Crippen LogP contribution in [0.5, 0.6) is 11.5 Å². The van der Waals surface area contributed by atoms with Crippen LogP contribution in [0, 0.1) is 0 Å². The predicted octanol–water partition coefficient (Wildman–Crippen LogP) is 1.59. The Morgan fingerprint density at radius 2 is 1.87 bits per heavy atom. The van der Waals surface area contributed by atoms with Gasteiger partial charge in [0.05, 0.1) is 37.1 Å². The van der Waals surface area contributed by atoms with Crippen LogP contribution < -0.4 is 20.8 Å². The Labute approximate surface area is 132 Å². The van der Waals surface area contributed by atoms with Gasteiger partial charge in [0.1, 0.15) is 5.82 Å². The minimum Gasteiger partial charge on any atom is -0.493 e. The molecule has 0 radical (unpaired) electrons. The van der Waals surface area contributed by atoms with Crippen molar-refractivity contribution < 1.29 is 9.47 Å². The van der Waals surface area contributed by atoms with Crippen LogP contribution in [0.25, 0.3) is 22.2 Å². The lowest BCUT2D eigenvalue weighted by atomic mass is 10.1. The van der Waals surface area contributed by atoms with Gasteiger partial charge in [-0.1, -0.05) is 0 Å². The number of fused-ring (bicyclic) bond motifs is 1. The van der Waals surface area contributed by atoms with Crippen LogP contribution in [0.3, 0.4) is 0 Å². The maximum absolute atomic E-state index is 12.5. The standard InChI is InChI=1S/C16H16N4O3/c1-20-8-18-10-7-13(17)19-15(14(10)16(20)21)9-4-5-11(22-2)12(6-9)23-3/h4-8H,1-3H3,(H2,17,19). The molecule has 0 unspecified atom stereocenters. The fourth-order valence-electron chi connectivity index (χ4n) is 2.43. The lowest BCUT2D eigenvalue weighted by Crippen LogP contribution is -2.18. The zero-order valence-corrected chi connectivity index (χ0v) is 13.0. The van der Waals surface area contributed by atoms with Crippen LogP contribution in [0.1, 0.15) is 0 Å². The number of rotatable bonds is 3. The van der Waals surface area contributed by atoms with Gasteiger partial charge >= 0.3 is 0 Å². The van der Waals surface area contributed by atoms with Crippen molar-refractivity contribution in [3.8, 4) is 22.8 Å². The molecular formula is C16H16N4O3. The smallest absolute Gasteiger partial charge is 0.263 e. The second-order valence-corrected chi connectivity index (χ2v) is 5.02. The molecule has 3 rings (SSSR count). The largest absolute Gasteiger partial charge is 0.493 e. The summed E-state index contributed by atoms with van der Waals surface area (Å²) in [5, 5.41) is 0.413. The Morgan fingerprint density at radius 1 is 1.13 bits per heavy atom. The molecular weight excluding hydrogens is 296 g/mol. The Kier molecular flexibility index (Phi) is 3.61. The molecule has 2 aromatic heterocycles. The summed E-state index contributed by atoms with van der Waals surface area (Å²) in [5.41, 5.74) is 7.34. The van der Waals surface area contributed by atoms with Gasteiger partial charge in [-0.15, -0.1) is 0 Å². The Bertz CT molecular complexity index is 950. The Balaban J connectivity index is 2.36. The molecule has 1 aromatic carbocycles. The molecule has 0 aliphatic heterocycles. The van der Waals surface area contributed by atoms with Crippen molar-refractivity contribution in [1.29, 1.82) is 0 Å². The van der Waals surface area contributed by atoms with E-state index in [0.717, 1.165) is 0 Å². The number of nitrogens with zero attached hydrogens (tertiary/aromatic N) is 3. The summed E-state index contributed by atoms with van der Waals surface area (Å²) < 4.78 is 12.0. The molecule has 118 valence electrons. The van der Waals surface area contributed by atoms with E-state index in [4.69, 9.17) is 15.2 Å². The maximum atomic E-state index is 12.5. The monoisotopic (exact) mass is 312 g/mol.